The minimum absolute atomic E-state index is 0.760. The van der Waals surface area contributed by atoms with Gasteiger partial charge in [0.2, 0.25) is 0 Å². The van der Waals surface area contributed by atoms with E-state index in [9.17, 15) is 0 Å². The third-order valence-electron chi connectivity index (χ3n) is 3.58. The van der Waals surface area contributed by atoms with Crippen LogP contribution in [0.3, 0.4) is 0 Å². The van der Waals surface area contributed by atoms with Gasteiger partial charge in [-0.25, -0.2) is 0 Å². The Kier molecular flexibility index (Phi) is 5.81. The standard InChI is InChI=1S/C17H25N3O/c1-4-5-8-11-21-16-10-7-6-9-14(16)17-15(12-18-3)13(2)19-20-17/h6-7,9-10,18H,4-5,8,11-12H2,1-3H3,(H,19,20). The predicted molar refractivity (Wildman–Crippen MR) is 86.5 cm³/mol. The SMILES string of the molecule is CCCCCOc1ccccc1-c1n[nH]c(C)c1CNC. The van der Waals surface area contributed by atoms with Crippen molar-refractivity contribution in [3.8, 4) is 17.0 Å². The van der Waals surface area contributed by atoms with Crippen molar-refractivity contribution in [2.75, 3.05) is 13.7 Å². The average molecular weight is 287 g/mol. The Balaban J connectivity index is 2.23. The minimum atomic E-state index is 0.760. The molecule has 0 fully saturated rings. The lowest BCUT2D eigenvalue weighted by atomic mass is 10.1. The van der Waals surface area contributed by atoms with Crippen LogP contribution in [0.1, 0.15) is 37.4 Å². The van der Waals surface area contributed by atoms with Gasteiger partial charge in [0.05, 0.1) is 6.61 Å². The van der Waals surface area contributed by atoms with Crippen molar-refractivity contribution in [3.63, 3.8) is 0 Å². The predicted octanol–water partition coefficient (Wildman–Crippen LogP) is 3.67. The Morgan fingerprint density at radius 3 is 2.81 bits per heavy atom. The van der Waals surface area contributed by atoms with Crippen LogP contribution >= 0.6 is 0 Å². The summed E-state index contributed by atoms with van der Waals surface area (Å²) >= 11 is 0. The first-order valence-corrected chi connectivity index (χ1v) is 7.68. The van der Waals surface area contributed by atoms with Crippen LogP contribution in [-0.2, 0) is 6.54 Å². The topological polar surface area (TPSA) is 49.9 Å². The van der Waals surface area contributed by atoms with Crippen LogP contribution in [0.15, 0.2) is 24.3 Å². The van der Waals surface area contributed by atoms with Crippen LogP contribution < -0.4 is 10.1 Å². The van der Waals surface area contributed by atoms with E-state index in [1.807, 2.05) is 32.2 Å². The number of hydrogen-bond acceptors (Lipinski definition) is 3. The fraction of sp³-hybridized carbons (Fsp3) is 0.471. The van der Waals surface area contributed by atoms with Gasteiger partial charge in [-0.2, -0.15) is 5.10 Å². The highest BCUT2D eigenvalue weighted by Crippen LogP contribution is 2.32. The monoisotopic (exact) mass is 287 g/mol. The second-order valence-electron chi connectivity index (χ2n) is 5.26. The second-order valence-corrected chi connectivity index (χ2v) is 5.26. The lowest BCUT2D eigenvalue weighted by Gasteiger charge is -2.11. The van der Waals surface area contributed by atoms with Gasteiger partial charge < -0.3 is 10.1 Å². The Labute approximate surface area is 126 Å². The normalized spacial score (nSPS) is 10.8. The number of hydrogen-bond donors (Lipinski definition) is 2. The summed E-state index contributed by atoms with van der Waals surface area (Å²) in [6.45, 7) is 5.80. The van der Waals surface area contributed by atoms with Crippen molar-refractivity contribution < 1.29 is 4.74 Å². The molecular weight excluding hydrogens is 262 g/mol. The van der Waals surface area contributed by atoms with Gasteiger partial charge in [-0.1, -0.05) is 31.9 Å². The number of unbranched alkanes of at least 4 members (excludes halogenated alkanes) is 2. The fourth-order valence-electron chi connectivity index (χ4n) is 2.39. The third kappa shape index (κ3) is 3.85. The zero-order valence-electron chi connectivity index (χ0n) is 13.2. The zero-order chi connectivity index (χ0) is 15.1. The highest BCUT2D eigenvalue weighted by molar-refractivity contribution is 5.70. The summed E-state index contributed by atoms with van der Waals surface area (Å²) in [5.74, 6) is 0.914. The molecule has 114 valence electrons. The van der Waals surface area contributed by atoms with E-state index < -0.39 is 0 Å². The van der Waals surface area contributed by atoms with E-state index in [1.54, 1.807) is 0 Å². The Morgan fingerprint density at radius 1 is 1.24 bits per heavy atom. The Hall–Kier alpha value is -1.81. The molecule has 0 aliphatic carbocycles. The summed E-state index contributed by atoms with van der Waals surface area (Å²) in [4.78, 5) is 0. The maximum atomic E-state index is 5.96. The average Bonchev–Trinajstić information content (AvgIpc) is 2.86. The molecule has 0 radical (unpaired) electrons. The number of aromatic amines is 1. The summed E-state index contributed by atoms with van der Waals surface area (Å²) in [5.41, 5.74) is 4.33. The molecule has 0 aliphatic rings. The molecule has 21 heavy (non-hydrogen) atoms. The first kappa shape index (κ1) is 15.6. The van der Waals surface area contributed by atoms with Crippen molar-refractivity contribution in [1.29, 1.82) is 0 Å². The maximum Gasteiger partial charge on any atom is 0.128 e. The minimum Gasteiger partial charge on any atom is -0.493 e. The van der Waals surface area contributed by atoms with Crippen LogP contribution in [0.4, 0.5) is 0 Å². The summed E-state index contributed by atoms with van der Waals surface area (Å²) in [6, 6.07) is 8.13. The van der Waals surface area contributed by atoms with Gasteiger partial charge in [-0.05, 0) is 32.5 Å². The van der Waals surface area contributed by atoms with Crippen LogP contribution in [-0.4, -0.2) is 23.9 Å². The zero-order valence-corrected chi connectivity index (χ0v) is 13.2. The van der Waals surface area contributed by atoms with E-state index in [0.717, 1.165) is 42.3 Å². The molecule has 4 nitrogen and oxygen atoms in total. The van der Waals surface area contributed by atoms with E-state index >= 15 is 0 Å². The fourth-order valence-corrected chi connectivity index (χ4v) is 2.39. The van der Waals surface area contributed by atoms with E-state index in [-0.39, 0.29) is 0 Å². The van der Waals surface area contributed by atoms with Crippen molar-refractivity contribution in [3.05, 3.63) is 35.5 Å². The summed E-state index contributed by atoms with van der Waals surface area (Å²) in [7, 11) is 1.95. The quantitative estimate of drug-likeness (QED) is 0.728. The van der Waals surface area contributed by atoms with Crippen LogP contribution in [0.2, 0.25) is 0 Å². The number of aryl methyl sites for hydroxylation is 1. The highest BCUT2D eigenvalue weighted by Gasteiger charge is 2.15. The van der Waals surface area contributed by atoms with Crippen LogP contribution in [0, 0.1) is 6.92 Å². The smallest absolute Gasteiger partial charge is 0.128 e. The lowest BCUT2D eigenvalue weighted by molar-refractivity contribution is 0.307. The maximum absolute atomic E-state index is 5.96. The highest BCUT2D eigenvalue weighted by atomic mass is 16.5. The molecule has 1 aromatic heterocycles. The number of rotatable bonds is 8. The van der Waals surface area contributed by atoms with E-state index in [0.29, 0.717) is 0 Å². The molecule has 0 aliphatic heterocycles. The summed E-state index contributed by atoms with van der Waals surface area (Å²) in [6.07, 6.45) is 3.50. The van der Waals surface area contributed by atoms with Crippen molar-refractivity contribution in [2.45, 2.75) is 39.7 Å². The van der Waals surface area contributed by atoms with Gasteiger partial charge in [0.1, 0.15) is 11.4 Å². The molecular formula is C17H25N3O. The van der Waals surface area contributed by atoms with Gasteiger partial charge in [0.25, 0.3) is 0 Å². The van der Waals surface area contributed by atoms with Gasteiger partial charge >= 0.3 is 0 Å². The Morgan fingerprint density at radius 2 is 2.05 bits per heavy atom. The summed E-state index contributed by atoms with van der Waals surface area (Å²) < 4.78 is 5.96. The molecule has 2 rings (SSSR count). The van der Waals surface area contributed by atoms with Crippen molar-refractivity contribution in [2.24, 2.45) is 0 Å². The molecule has 0 saturated carbocycles. The number of ether oxygens (including phenoxy) is 1. The number of para-hydroxylation sites is 1. The molecule has 4 heteroatoms. The molecule has 0 amide bonds. The number of H-pyrrole nitrogens is 1. The molecule has 2 N–H and O–H groups in total. The molecule has 0 saturated heterocycles. The van der Waals surface area contributed by atoms with Crippen LogP contribution in [0.5, 0.6) is 5.75 Å². The second kappa shape index (κ2) is 7.84. The van der Waals surface area contributed by atoms with Gasteiger partial charge in [0.15, 0.2) is 0 Å². The summed E-state index contributed by atoms with van der Waals surface area (Å²) in [5, 5.41) is 10.7. The first-order valence-electron chi connectivity index (χ1n) is 7.68. The molecule has 1 aromatic carbocycles. The van der Waals surface area contributed by atoms with Crippen molar-refractivity contribution in [1.82, 2.24) is 15.5 Å². The number of nitrogens with one attached hydrogen (secondary N) is 2. The molecule has 0 atom stereocenters. The van der Waals surface area contributed by atoms with Gasteiger partial charge in [-0.15, -0.1) is 0 Å². The molecule has 0 spiro atoms. The van der Waals surface area contributed by atoms with Gasteiger partial charge in [-0.3, -0.25) is 5.10 Å². The van der Waals surface area contributed by atoms with E-state index in [1.165, 1.54) is 18.4 Å². The number of aromatic nitrogens is 2. The molecule has 1 heterocycles. The number of benzene rings is 1. The van der Waals surface area contributed by atoms with Crippen molar-refractivity contribution >= 4 is 0 Å². The van der Waals surface area contributed by atoms with Crippen LogP contribution in [0.25, 0.3) is 11.3 Å². The van der Waals surface area contributed by atoms with E-state index in [2.05, 4.69) is 28.5 Å². The lowest BCUT2D eigenvalue weighted by Crippen LogP contribution is -2.07. The third-order valence-corrected chi connectivity index (χ3v) is 3.58. The first-order chi connectivity index (χ1) is 10.3. The number of nitrogens with zero attached hydrogens (tertiary/aromatic N) is 1. The van der Waals surface area contributed by atoms with E-state index in [4.69, 9.17) is 4.74 Å². The Bertz CT molecular complexity index is 563. The molecule has 0 bridgehead atoms. The molecule has 2 aromatic rings. The molecule has 0 unspecified atom stereocenters. The van der Waals surface area contributed by atoms with Gasteiger partial charge in [0, 0.05) is 23.4 Å². The largest absolute Gasteiger partial charge is 0.493 e.